The van der Waals surface area contributed by atoms with Crippen LogP contribution in [0.25, 0.3) is 0 Å². The maximum absolute atomic E-state index is 10.1. The smallest absolute Gasteiger partial charge is 0.0767 e. The molecule has 1 aliphatic carbocycles. The van der Waals surface area contributed by atoms with E-state index in [1.165, 1.54) is 25.7 Å². The van der Waals surface area contributed by atoms with Gasteiger partial charge >= 0.3 is 0 Å². The molecule has 0 aromatic heterocycles. The molecule has 90 valence electrons. The average molecular weight is 213 g/mol. The Labute approximate surface area is 94.5 Å². The molecule has 1 fully saturated rings. The van der Waals surface area contributed by atoms with Gasteiger partial charge in [-0.1, -0.05) is 6.92 Å². The second-order valence-corrected chi connectivity index (χ2v) is 6.29. The van der Waals surface area contributed by atoms with E-state index in [2.05, 4.69) is 26.1 Å². The largest absolute Gasteiger partial charge is 0.389 e. The predicted octanol–water partition coefficient (Wildman–Crippen LogP) is 2.70. The minimum atomic E-state index is -0.671. The average Bonchev–Trinajstić information content (AvgIpc) is 2.06. The highest BCUT2D eigenvalue weighted by molar-refractivity contribution is 4.96. The molecule has 0 aromatic rings. The Morgan fingerprint density at radius 2 is 1.47 bits per heavy atom. The molecule has 0 heterocycles. The Morgan fingerprint density at radius 1 is 1.00 bits per heavy atom. The zero-order chi connectivity index (χ0) is 11.7. The molecule has 0 saturated heterocycles. The fourth-order valence-electron chi connectivity index (χ4n) is 2.09. The highest BCUT2D eigenvalue weighted by Crippen LogP contribution is 2.28. The molecule has 0 aromatic carbocycles. The van der Waals surface area contributed by atoms with Crippen molar-refractivity contribution < 1.29 is 5.11 Å². The number of aliphatic hydroxyl groups is 1. The SMILES string of the molecule is CC1CCC(NC(C)(C)C(C)(C)O)CC1. The van der Waals surface area contributed by atoms with Gasteiger partial charge in [0, 0.05) is 11.6 Å². The van der Waals surface area contributed by atoms with E-state index in [0.29, 0.717) is 6.04 Å². The summed E-state index contributed by atoms with van der Waals surface area (Å²) in [6.45, 7) is 10.3. The third-order valence-electron chi connectivity index (χ3n) is 4.11. The third kappa shape index (κ3) is 3.46. The van der Waals surface area contributed by atoms with Gasteiger partial charge in [0.15, 0.2) is 0 Å². The van der Waals surface area contributed by atoms with Gasteiger partial charge < -0.3 is 10.4 Å². The van der Waals surface area contributed by atoms with Crippen molar-refractivity contribution in [2.24, 2.45) is 5.92 Å². The maximum Gasteiger partial charge on any atom is 0.0767 e. The number of rotatable bonds is 3. The van der Waals surface area contributed by atoms with Crippen molar-refractivity contribution in [3.05, 3.63) is 0 Å². The lowest BCUT2D eigenvalue weighted by atomic mass is 9.81. The maximum atomic E-state index is 10.1. The van der Waals surface area contributed by atoms with Crippen LogP contribution in [-0.4, -0.2) is 22.3 Å². The van der Waals surface area contributed by atoms with Gasteiger partial charge in [-0.2, -0.15) is 0 Å². The summed E-state index contributed by atoms with van der Waals surface area (Å²) in [5.74, 6) is 0.883. The van der Waals surface area contributed by atoms with Gasteiger partial charge in [0.05, 0.1) is 5.60 Å². The van der Waals surface area contributed by atoms with Crippen molar-refractivity contribution in [3.8, 4) is 0 Å². The van der Waals surface area contributed by atoms with E-state index in [4.69, 9.17) is 0 Å². The molecule has 1 rings (SSSR count). The molecule has 0 bridgehead atoms. The van der Waals surface area contributed by atoms with Crippen molar-refractivity contribution in [3.63, 3.8) is 0 Å². The van der Waals surface area contributed by atoms with E-state index in [1.54, 1.807) is 0 Å². The van der Waals surface area contributed by atoms with E-state index in [9.17, 15) is 5.11 Å². The van der Waals surface area contributed by atoms with Crippen molar-refractivity contribution >= 4 is 0 Å². The highest BCUT2D eigenvalue weighted by atomic mass is 16.3. The van der Waals surface area contributed by atoms with Crippen LogP contribution in [-0.2, 0) is 0 Å². The summed E-state index contributed by atoms with van der Waals surface area (Å²) >= 11 is 0. The normalized spacial score (nSPS) is 29.2. The molecular weight excluding hydrogens is 186 g/mol. The van der Waals surface area contributed by atoms with Gasteiger partial charge in [-0.25, -0.2) is 0 Å². The van der Waals surface area contributed by atoms with E-state index in [1.807, 2.05) is 13.8 Å². The monoisotopic (exact) mass is 213 g/mol. The molecule has 0 aliphatic heterocycles. The Morgan fingerprint density at radius 3 is 1.87 bits per heavy atom. The highest BCUT2D eigenvalue weighted by Gasteiger charge is 2.36. The predicted molar refractivity (Wildman–Crippen MR) is 64.9 cm³/mol. The molecule has 0 unspecified atom stereocenters. The van der Waals surface area contributed by atoms with Crippen molar-refractivity contribution in [1.82, 2.24) is 5.32 Å². The molecule has 0 amide bonds. The first-order valence-electron chi connectivity index (χ1n) is 6.22. The lowest BCUT2D eigenvalue weighted by Crippen LogP contribution is -2.59. The van der Waals surface area contributed by atoms with Crippen molar-refractivity contribution in [2.75, 3.05) is 0 Å². The van der Waals surface area contributed by atoms with Crippen LogP contribution in [0.3, 0.4) is 0 Å². The van der Waals surface area contributed by atoms with Crippen molar-refractivity contribution in [2.45, 2.75) is 77.5 Å². The molecule has 15 heavy (non-hydrogen) atoms. The molecule has 1 aliphatic rings. The van der Waals surface area contributed by atoms with Crippen LogP contribution in [0.15, 0.2) is 0 Å². The van der Waals surface area contributed by atoms with Gasteiger partial charge in [-0.15, -0.1) is 0 Å². The first-order chi connectivity index (χ1) is 6.72. The van der Waals surface area contributed by atoms with Gasteiger partial charge in [0.25, 0.3) is 0 Å². The van der Waals surface area contributed by atoms with Crippen molar-refractivity contribution in [1.29, 1.82) is 0 Å². The zero-order valence-corrected chi connectivity index (χ0v) is 10.9. The summed E-state index contributed by atoms with van der Waals surface area (Å²) in [5, 5.41) is 13.7. The van der Waals surface area contributed by atoms with Gasteiger partial charge in [-0.05, 0) is 59.3 Å². The summed E-state index contributed by atoms with van der Waals surface area (Å²) in [6.07, 6.45) is 5.14. The minimum absolute atomic E-state index is 0.210. The van der Waals surface area contributed by atoms with E-state index >= 15 is 0 Å². The van der Waals surface area contributed by atoms with Gasteiger partial charge in [0.2, 0.25) is 0 Å². The molecule has 2 nitrogen and oxygen atoms in total. The number of hydrogen-bond acceptors (Lipinski definition) is 2. The lowest BCUT2D eigenvalue weighted by molar-refractivity contribution is -0.0129. The van der Waals surface area contributed by atoms with Crippen LogP contribution in [0, 0.1) is 5.92 Å². The molecular formula is C13H27NO. The molecule has 0 radical (unpaired) electrons. The summed E-state index contributed by atoms with van der Waals surface area (Å²) in [6, 6.07) is 0.586. The summed E-state index contributed by atoms with van der Waals surface area (Å²) in [7, 11) is 0. The van der Waals surface area contributed by atoms with E-state index < -0.39 is 5.60 Å². The summed E-state index contributed by atoms with van der Waals surface area (Å²) in [4.78, 5) is 0. The topological polar surface area (TPSA) is 32.3 Å². The molecule has 2 N–H and O–H groups in total. The van der Waals surface area contributed by atoms with Crippen LogP contribution in [0.4, 0.5) is 0 Å². The summed E-state index contributed by atoms with van der Waals surface area (Å²) < 4.78 is 0. The Hall–Kier alpha value is -0.0800. The van der Waals surface area contributed by atoms with E-state index in [0.717, 1.165) is 5.92 Å². The lowest BCUT2D eigenvalue weighted by Gasteiger charge is -2.42. The van der Waals surface area contributed by atoms with Crippen LogP contribution >= 0.6 is 0 Å². The fourth-order valence-corrected chi connectivity index (χ4v) is 2.09. The van der Waals surface area contributed by atoms with Crippen LogP contribution in [0.1, 0.15) is 60.3 Å². The Balaban J connectivity index is 2.48. The number of nitrogens with one attached hydrogen (secondary N) is 1. The first kappa shape index (κ1) is 13.0. The van der Waals surface area contributed by atoms with Crippen LogP contribution in [0.2, 0.25) is 0 Å². The summed E-state index contributed by atoms with van der Waals surface area (Å²) in [5.41, 5.74) is -0.881. The van der Waals surface area contributed by atoms with Crippen LogP contribution in [0.5, 0.6) is 0 Å². The number of hydrogen-bond donors (Lipinski definition) is 2. The van der Waals surface area contributed by atoms with Gasteiger partial charge in [0.1, 0.15) is 0 Å². The fraction of sp³-hybridized carbons (Fsp3) is 1.00. The van der Waals surface area contributed by atoms with Gasteiger partial charge in [-0.3, -0.25) is 0 Å². The molecule has 1 saturated carbocycles. The first-order valence-corrected chi connectivity index (χ1v) is 6.22. The second kappa shape index (κ2) is 4.42. The molecule has 0 spiro atoms. The Bertz CT molecular complexity index is 197. The molecule has 0 atom stereocenters. The standard InChI is InChI=1S/C13H27NO/c1-10-6-8-11(9-7-10)14-12(2,3)13(4,5)15/h10-11,14-15H,6-9H2,1-5H3. The molecule has 2 heteroatoms. The zero-order valence-electron chi connectivity index (χ0n) is 10.9. The van der Waals surface area contributed by atoms with E-state index in [-0.39, 0.29) is 5.54 Å². The minimum Gasteiger partial charge on any atom is -0.389 e. The quantitative estimate of drug-likeness (QED) is 0.755. The Kier molecular flexibility index (Phi) is 3.83. The third-order valence-corrected chi connectivity index (χ3v) is 4.11. The van der Waals surface area contributed by atoms with Crippen LogP contribution < -0.4 is 5.32 Å². The second-order valence-electron chi connectivity index (χ2n) is 6.29.